The third-order valence-electron chi connectivity index (χ3n) is 3.64. The third-order valence-corrected chi connectivity index (χ3v) is 3.64. The van der Waals surface area contributed by atoms with E-state index in [4.69, 9.17) is 14.6 Å². The number of nitrogens with one attached hydrogen (secondary N) is 1. The van der Waals surface area contributed by atoms with Gasteiger partial charge in [0.25, 0.3) is 5.91 Å². The van der Waals surface area contributed by atoms with Crippen LogP contribution in [0.5, 0.6) is 11.5 Å². The van der Waals surface area contributed by atoms with Gasteiger partial charge in [-0.3, -0.25) is 4.79 Å². The Balaban J connectivity index is 2.00. The molecule has 1 amide bonds. The van der Waals surface area contributed by atoms with Crippen LogP contribution in [0.1, 0.15) is 35.7 Å². The van der Waals surface area contributed by atoms with E-state index in [1.807, 2.05) is 24.3 Å². The Hall–Kier alpha value is -3.02. The number of carboxylic acids is 1. The van der Waals surface area contributed by atoms with E-state index in [1.165, 1.54) is 30.9 Å². The van der Waals surface area contributed by atoms with Crippen LogP contribution in [0.15, 0.2) is 42.5 Å². The van der Waals surface area contributed by atoms with Crippen molar-refractivity contribution in [1.29, 1.82) is 0 Å². The van der Waals surface area contributed by atoms with E-state index in [0.717, 1.165) is 0 Å². The Morgan fingerprint density at radius 2 is 1.80 bits per heavy atom. The summed E-state index contributed by atoms with van der Waals surface area (Å²) in [7, 11) is 1.44. The second-order valence-corrected chi connectivity index (χ2v) is 5.78. The van der Waals surface area contributed by atoms with Crippen LogP contribution in [0.4, 0.5) is 5.69 Å². The van der Waals surface area contributed by atoms with Crippen molar-refractivity contribution in [2.24, 2.45) is 0 Å². The van der Waals surface area contributed by atoms with E-state index in [2.05, 4.69) is 19.2 Å². The van der Waals surface area contributed by atoms with Crippen LogP contribution >= 0.6 is 0 Å². The van der Waals surface area contributed by atoms with E-state index in [0.29, 0.717) is 17.4 Å². The highest BCUT2D eigenvalue weighted by molar-refractivity contribution is 5.96. The summed E-state index contributed by atoms with van der Waals surface area (Å²) in [4.78, 5) is 23.1. The van der Waals surface area contributed by atoms with Crippen LogP contribution in [-0.2, 0) is 4.79 Å². The summed E-state index contributed by atoms with van der Waals surface area (Å²) in [6, 6.07) is 11.8. The molecule has 0 saturated heterocycles. The molecule has 0 aliphatic heterocycles. The standard InChI is InChI=1S/C19H21NO5/c1-12(2)13-4-7-15(8-5-13)25-11-18(21)20-16-10-14(19(22)23)6-9-17(16)24-3/h4-10,12H,11H2,1-3H3,(H,20,21)(H,22,23). The Morgan fingerprint density at radius 1 is 1.12 bits per heavy atom. The molecule has 132 valence electrons. The van der Waals surface area contributed by atoms with Gasteiger partial charge in [-0.2, -0.15) is 0 Å². The maximum absolute atomic E-state index is 12.1. The molecule has 2 rings (SSSR count). The molecule has 2 aromatic carbocycles. The molecule has 0 aliphatic rings. The number of methoxy groups -OCH3 is 1. The van der Waals surface area contributed by atoms with Gasteiger partial charge in [-0.25, -0.2) is 4.79 Å². The predicted octanol–water partition coefficient (Wildman–Crippen LogP) is 3.53. The fourth-order valence-electron chi connectivity index (χ4n) is 2.22. The number of hydrogen-bond donors (Lipinski definition) is 2. The van der Waals surface area contributed by atoms with Gasteiger partial charge in [0, 0.05) is 0 Å². The molecule has 0 aromatic heterocycles. The van der Waals surface area contributed by atoms with Crippen molar-refractivity contribution in [1.82, 2.24) is 0 Å². The molecular formula is C19H21NO5. The Morgan fingerprint density at radius 3 is 2.36 bits per heavy atom. The van der Waals surface area contributed by atoms with Gasteiger partial charge in [-0.15, -0.1) is 0 Å². The molecule has 0 bridgehead atoms. The first-order chi connectivity index (χ1) is 11.9. The number of carbonyl (C=O) groups excluding carboxylic acids is 1. The fourth-order valence-corrected chi connectivity index (χ4v) is 2.22. The van der Waals surface area contributed by atoms with Crippen LogP contribution in [0, 0.1) is 0 Å². The topological polar surface area (TPSA) is 84.9 Å². The molecule has 0 unspecified atom stereocenters. The third kappa shape index (κ3) is 4.97. The van der Waals surface area contributed by atoms with E-state index in [1.54, 1.807) is 0 Å². The van der Waals surface area contributed by atoms with Gasteiger partial charge in [-0.05, 0) is 41.8 Å². The fraction of sp³-hybridized carbons (Fsp3) is 0.263. The van der Waals surface area contributed by atoms with Crippen LogP contribution in [0.25, 0.3) is 0 Å². The number of hydrogen-bond acceptors (Lipinski definition) is 4. The van der Waals surface area contributed by atoms with E-state index < -0.39 is 11.9 Å². The second-order valence-electron chi connectivity index (χ2n) is 5.78. The quantitative estimate of drug-likeness (QED) is 0.803. The number of carbonyl (C=O) groups is 2. The molecule has 0 fully saturated rings. The van der Waals surface area contributed by atoms with Crippen LogP contribution in [-0.4, -0.2) is 30.7 Å². The highest BCUT2D eigenvalue weighted by Crippen LogP contribution is 2.25. The van der Waals surface area contributed by atoms with Crippen molar-refractivity contribution >= 4 is 17.6 Å². The molecule has 6 nitrogen and oxygen atoms in total. The molecule has 25 heavy (non-hydrogen) atoms. The summed E-state index contributed by atoms with van der Waals surface area (Å²) in [6.45, 7) is 4.01. The molecular weight excluding hydrogens is 322 g/mol. The normalized spacial score (nSPS) is 10.4. The summed E-state index contributed by atoms with van der Waals surface area (Å²) in [6.07, 6.45) is 0. The molecule has 2 N–H and O–H groups in total. The van der Waals surface area contributed by atoms with Crippen molar-refractivity contribution in [2.45, 2.75) is 19.8 Å². The first kappa shape index (κ1) is 18.3. The summed E-state index contributed by atoms with van der Waals surface area (Å²) in [5.74, 6) is -0.106. The number of aromatic carboxylic acids is 1. The lowest BCUT2D eigenvalue weighted by Crippen LogP contribution is -2.20. The van der Waals surface area contributed by atoms with Gasteiger partial charge >= 0.3 is 5.97 Å². The zero-order valence-corrected chi connectivity index (χ0v) is 14.4. The lowest BCUT2D eigenvalue weighted by molar-refractivity contribution is -0.118. The number of anilines is 1. The van der Waals surface area contributed by atoms with Crippen LogP contribution in [0.2, 0.25) is 0 Å². The molecule has 0 spiro atoms. The molecule has 0 radical (unpaired) electrons. The number of benzene rings is 2. The molecule has 0 aliphatic carbocycles. The number of amides is 1. The molecule has 0 heterocycles. The second kappa shape index (κ2) is 8.19. The molecule has 0 atom stereocenters. The van der Waals surface area contributed by atoms with Crippen molar-refractivity contribution < 1.29 is 24.2 Å². The highest BCUT2D eigenvalue weighted by Gasteiger charge is 2.12. The maximum atomic E-state index is 12.1. The van der Waals surface area contributed by atoms with Crippen molar-refractivity contribution in [3.8, 4) is 11.5 Å². The minimum atomic E-state index is -1.08. The largest absolute Gasteiger partial charge is 0.495 e. The number of carboxylic acid groups (broad SMARTS) is 1. The van der Waals surface area contributed by atoms with Gasteiger partial charge in [0.05, 0.1) is 18.4 Å². The monoisotopic (exact) mass is 343 g/mol. The lowest BCUT2D eigenvalue weighted by Gasteiger charge is -2.12. The average Bonchev–Trinajstić information content (AvgIpc) is 2.60. The minimum absolute atomic E-state index is 0.0568. The predicted molar refractivity (Wildman–Crippen MR) is 94.6 cm³/mol. The Bertz CT molecular complexity index is 753. The molecule has 6 heteroatoms. The van der Waals surface area contributed by atoms with Gasteiger partial charge in [0.1, 0.15) is 11.5 Å². The molecule has 0 saturated carbocycles. The number of rotatable bonds is 7. The van der Waals surface area contributed by atoms with E-state index >= 15 is 0 Å². The van der Waals surface area contributed by atoms with E-state index in [-0.39, 0.29) is 17.9 Å². The van der Waals surface area contributed by atoms with Gasteiger partial charge in [-0.1, -0.05) is 26.0 Å². The molecule has 2 aromatic rings. The number of ether oxygens (including phenoxy) is 2. The van der Waals surface area contributed by atoms with Crippen molar-refractivity contribution in [3.05, 3.63) is 53.6 Å². The zero-order chi connectivity index (χ0) is 18.4. The average molecular weight is 343 g/mol. The smallest absolute Gasteiger partial charge is 0.335 e. The zero-order valence-electron chi connectivity index (χ0n) is 14.4. The summed E-state index contributed by atoms with van der Waals surface area (Å²) >= 11 is 0. The SMILES string of the molecule is COc1ccc(C(=O)O)cc1NC(=O)COc1ccc(C(C)C)cc1. The first-order valence-corrected chi connectivity index (χ1v) is 7.84. The van der Waals surface area contributed by atoms with Crippen molar-refractivity contribution in [2.75, 3.05) is 19.0 Å². The van der Waals surface area contributed by atoms with Gasteiger partial charge < -0.3 is 19.9 Å². The van der Waals surface area contributed by atoms with E-state index in [9.17, 15) is 9.59 Å². The van der Waals surface area contributed by atoms with Gasteiger partial charge in [0.15, 0.2) is 6.61 Å². The first-order valence-electron chi connectivity index (χ1n) is 7.84. The maximum Gasteiger partial charge on any atom is 0.335 e. The lowest BCUT2D eigenvalue weighted by atomic mass is 10.0. The Labute approximate surface area is 146 Å². The van der Waals surface area contributed by atoms with Crippen LogP contribution in [0.3, 0.4) is 0 Å². The minimum Gasteiger partial charge on any atom is -0.495 e. The van der Waals surface area contributed by atoms with Crippen molar-refractivity contribution in [3.63, 3.8) is 0 Å². The summed E-state index contributed by atoms with van der Waals surface area (Å²) in [5, 5.41) is 11.6. The van der Waals surface area contributed by atoms with Gasteiger partial charge in [0.2, 0.25) is 0 Å². The summed E-state index contributed by atoms with van der Waals surface area (Å²) in [5.41, 5.74) is 1.53. The highest BCUT2D eigenvalue weighted by atomic mass is 16.5. The Kier molecular flexibility index (Phi) is 6.00. The van der Waals surface area contributed by atoms with Crippen LogP contribution < -0.4 is 14.8 Å². The summed E-state index contributed by atoms with van der Waals surface area (Å²) < 4.78 is 10.6.